The Balaban J connectivity index is 2.01. The van der Waals surface area contributed by atoms with E-state index in [0.29, 0.717) is 11.6 Å². The van der Waals surface area contributed by atoms with Gasteiger partial charge in [-0.15, -0.1) is 0 Å². The second-order valence-electron chi connectivity index (χ2n) is 4.44. The highest BCUT2D eigenvalue weighted by Crippen LogP contribution is 2.22. The standard InChI is InChI=1S/C12H15N3O2/c1-7-11(14-5-4-13-7)8-2-3-9-10(6-8)17-12(16)15-9/h2-3,6-7,11,13-14H,4-5H2,1H3,(H,15,16). The summed E-state index contributed by atoms with van der Waals surface area (Å²) in [7, 11) is 0. The number of aromatic nitrogens is 1. The second kappa shape index (κ2) is 4.01. The van der Waals surface area contributed by atoms with Crippen LogP contribution in [-0.2, 0) is 0 Å². The maximum absolute atomic E-state index is 11.1. The van der Waals surface area contributed by atoms with Crippen molar-refractivity contribution in [1.82, 2.24) is 15.6 Å². The van der Waals surface area contributed by atoms with Gasteiger partial charge in [-0.3, -0.25) is 4.98 Å². The third-order valence-corrected chi connectivity index (χ3v) is 3.26. The molecule has 1 aromatic heterocycles. The fourth-order valence-electron chi connectivity index (χ4n) is 2.38. The first-order valence-electron chi connectivity index (χ1n) is 5.83. The Morgan fingerprint density at radius 2 is 2.12 bits per heavy atom. The van der Waals surface area contributed by atoms with E-state index in [2.05, 4.69) is 22.5 Å². The van der Waals surface area contributed by atoms with Crippen LogP contribution in [0, 0.1) is 0 Å². The molecule has 1 fully saturated rings. The third-order valence-electron chi connectivity index (χ3n) is 3.26. The normalized spacial score (nSPS) is 25.2. The van der Waals surface area contributed by atoms with Crippen LogP contribution in [0.3, 0.4) is 0 Å². The maximum Gasteiger partial charge on any atom is 0.417 e. The molecule has 0 bridgehead atoms. The van der Waals surface area contributed by atoms with E-state index in [1.807, 2.05) is 18.2 Å². The lowest BCUT2D eigenvalue weighted by Gasteiger charge is -2.31. The predicted molar refractivity (Wildman–Crippen MR) is 65.0 cm³/mol. The minimum absolute atomic E-state index is 0.258. The zero-order valence-electron chi connectivity index (χ0n) is 9.62. The van der Waals surface area contributed by atoms with Crippen LogP contribution in [0.15, 0.2) is 27.4 Å². The van der Waals surface area contributed by atoms with Crippen molar-refractivity contribution in [2.75, 3.05) is 13.1 Å². The smallest absolute Gasteiger partial charge is 0.408 e. The Morgan fingerprint density at radius 3 is 2.94 bits per heavy atom. The summed E-state index contributed by atoms with van der Waals surface area (Å²) in [5.74, 6) is -0.403. The number of hydrogen-bond acceptors (Lipinski definition) is 4. The van der Waals surface area contributed by atoms with Crippen LogP contribution in [0.1, 0.15) is 18.5 Å². The summed E-state index contributed by atoms with van der Waals surface area (Å²) < 4.78 is 5.08. The summed E-state index contributed by atoms with van der Waals surface area (Å²) in [6.07, 6.45) is 0. The van der Waals surface area contributed by atoms with Crippen LogP contribution in [0.2, 0.25) is 0 Å². The number of nitrogens with one attached hydrogen (secondary N) is 3. The first-order chi connectivity index (χ1) is 8.24. The molecular weight excluding hydrogens is 218 g/mol. The Hall–Kier alpha value is -1.59. The molecule has 2 aromatic rings. The quantitative estimate of drug-likeness (QED) is 0.679. The average Bonchev–Trinajstić information content (AvgIpc) is 2.68. The van der Waals surface area contributed by atoms with Crippen LogP contribution < -0.4 is 16.4 Å². The van der Waals surface area contributed by atoms with Crippen molar-refractivity contribution in [1.29, 1.82) is 0 Å². The number of aromatic amines is 1. The van der Waals surface area contributed by atoms with Gasteiger partial charge in [-0.2, -0.15) is 0 Å². The number of fused-ring (bicyclic) bond motifs is 1. The van der Waals surface area contributed by atoms with Crippen LogP contribution in [-0.4, -0.2) is 24.1 Å². The highest BCUT2D eigenvalue weighted by molar-refractivity contribution is 5.72. The van der Waals surface area contributed by atoms with E-state index in [9.17, 15) is 4.79 Å². The van der Waals surface area contributed by atoms with Gasteiger partial charge in [-0.05, 0) is 24.6 Å². The van der Waals surface area contributed by atoms with Gasteiger partial charge in [0.1, 0.15) is 0 Å². The molecule has 90 valence electrons. The molecule has 1 aliphatic rings. The lowest BCUT2D eigenvalue weighted by atomic mass is 9.98. The van der Waals surface area contributed by atoms with Gasteiger partial charge < -0.3 is 15.1 Å². The number of benzene rings is 1. The fraction of sp³-hybridized carbons (Fsp3) is 0.417. The van der Waals surface area contributed by atoms with E-state index < -0.39 is 5.76 Å². The lowest BCUT2D eigenvalue weighted by Crippen LogP contribution is -2.48. The number of rotatable bonds is 1. The highest BCUT2D eigenvalue weighted by atomic mass is 16.4. The topological polar surface area (TPSA) is 70.1 Å². The summed E-state index contributed by atoms with van der Waals surface area (Å²) in [4.78, 5) is 13.7. The largest absolute Gasteiger partial charge is 0.417 e. The first-order valence-corrected chi connectivity index (χ1v) is 5.83. The maximum atomic E-state index is 11.1. The average molecular weight is 233 g/mol. The summed E-state index contributed by atoms with van der Waals surface area (Å²) in [5.41, 5.74) is 2.50. The van der Waals surface area contributed by atoms with E-state index in [1.54, 1.807) is 0 Å². The molecule has 0 amide bonds. The number of H-pyrrole nitrogens is 1. The molecule has 0 aliphatic carbocycles. The van der Waals surface area contributed by atoms with Crippen molar-refractivity contribution < 1.29 is 4.42 Å². The number of oxazole rings is 1. The minimum Gasteiger partial charge on any atom is -0.408 e. The van der Waals surface area contributed by atoms with Gasteiger partial charge in [0.25, 0.3) is 0 Å². The molecule has 17 heavy (non-hydrogen) atoms. The second-order valence-corrected chi connectivity index (χ2v) is 4.44. The predicted octanol–water partition coefficient (Wildman–Crippen LogP) is 0.743. The molecule has 5 heteroatoms. The molecular formula is C12H15N3O2. The van der Waals surface area contributed by atoms with Gasteiger partial charge >= 0.3 is 5.76 Å². The summed E-state index contributed by atoms with van der Waals surface area (Å²) in [6, 6.07) is 6.46. The first kappa shape index (κ1) is 10.6. The molecule has 1 aliphatic heterocycles. The zero-order valence-corrected chi connectivity index (χ0v) is 9.62. The molecule has 0 spiro atoms. The third kappa shape index (κ3) is 1.87. The van der Waals surface area contributed by atoms with E-state index in [-0.39, 0.29) is 6.04 Å². The molecule has 5 nitrogen and oxygen atoms in total. The lowest BCUT2D eigenvalue weighted by molar-refractivity contribution is 0.345. The zero-order chi connectivity index (χ0) is 11.8. The summed E-state index contributed by atoms with van der Waals surface area (Å²) in [6.45, 7) is 4.08. The van der Waals surface area contributed by atoms with E-state index >= 15 is 0 Å². The van der Waals surface area contributed by atoms with Crippen molar-refractivity contribution >= 4 is 11.1 Å². The number of hydrogen-bond donors (Lipinski definition) is 3. The van der Waals surface area contributed by atoms with Gasteiger partial charge in [0.2, 0.25) is 0 Å². The molecule has 1 saturated heterocycles. The Morgan fingerprint density at radius 1 is 1.29 bits per heavy atom. The van der Waals surface area contributed by atoms with Gasteiger partial charge in [0.15, 0.2) is 5.58 Å². The Bertz CT molecular complexity index is 587. The number of piperazine rings is 1. The molecule has 2 heterocycles. The van der Waals surface area contributed by atoms with E-state index in [4.69, 9.17) is 4.42 Å². The van der Waals surface area contributed by atoms with Crippen molar-refractivity contribution in [2.24, 2.45) is 0 Å². The highest BCUT2D eigenvalue weighted by Gasteiger charge is 2.22. The van der Waals surface area contributed by atoms with Crippen LogP contribution in [0.25, 0.3) is 11.1 Å². The summed E-state index contributed by atoms with van der Waals surface area (Å²) in [5, 5.41) is 6.89. The monoisotopic (exact) mass is 233 g/mol. The SMILES string of the molecule is CC1NCCNC1c1ccc2[nH]c(=O)oc2c1. The molecule has 3 N–H and O–H groups in total. The van der Waals surface area contributed by atoms with Gasteiger partial charge in [-0.1, -0.05) is 6.07 Å². The Kier molecular flexibility index (Phi) is 2.49. The molecule has 1 aromatic carbocycles. The molecule has 0 saturated carbocycles. The minimum atomic E-state index is -0.403. The molecule has 2 atom stereocenters. The van der Waals surface area contributed by atoms with E-state index in [0.717, 1.165) is 24.2 Å². The van der Waals surface area contributed by atoms with Gasteiger partial charge in [0.05, 0.1) is 5.52 Å². The molecule has 2 unspecified atom stereocenters. The van der Waals surface area contributed by atoms with E-state index in [1.165, 1.54) is 0 Å². The fourth-order valence-corrected chi connectivity index (χ4v) is 2.38. The van der Waals surface area contributed by atoms with Crippen molar-refractivity contribution in [2.45, 2.75) is 19.0 Å². The van der Waals surface area contributed by atoms with Crippen LogP contribution in [0.5, 0.6) is 0 Å². The molecule has 0 radical (unpaired) electrons. The van der Waals surface area contributed by atoms with Gasteiger partial charge in [0, 0.05) is 25.2 Å². The summed E-state index contributed by atoms with van der Waals surface area (Å²) >= 11 is 0. The van der Waals surface area contributed by atoms with Crippen LogP contribution in [0.4, 0.5) is 0 Å². The van der Waals surface area contributed by atoms with Crippen molar-refractivity contribution in [3.8, 4) is 0 Å². The van der Waals surface area contributed by atoms with Crippen LogP contribution >= 0.6 is 0 Å². The molecule has 3 rings (SSSR count). The Labute approximate surface area is 98.2 Å². The van der Waals surface area contributed by atoms with Gasteiger partial charge in [-0.25, -0.2) is 4.79 Å². The van der Waals surface area contributed by atoms with Crippen molar-refractivity contribution in [3.63, 3.8) is 0 Å². The van der Waals surface area contributed by atoms with Crippen molar-refractivity contribution in [3.05, 3.63) is 34.3 Å².